The van der Waals surface area contributed by atoms with Gasteiger partial charge in [0.1, 0.15) is 18.4 Å². The monoisotopic (exact) mass is 488 g/mol. The summed E-state index contributed by atoms with van der Waals surface area (Å²) in [4.78, 5) is 39.6. The number of carbonyl (C=O) groups is 3. The molecule has 0 saturated heterocycles. The van der Waals surface area contributed by atoms with Gasteiger partial charge in [0.25, 0.3) is 0 Å². The number of nitrogens with one attached hydrogen (secondary N) is 3. The molecule has 9 heteroatoms. The lowest BCUT2D eigenvalue weighted by Crippen LogP contribution is -2.57. The number of hydrogen-bond acceptors (Lipinski definition) is 6. The fourth-order valence-corrected chi connectivity index (χ4v) is 4.39. The fraction of sp³-hybridized carbons (Fsp3) is 0.577. The Labute approximate surface area is 208 Å². The summed E-state index contributed by atoms with van der Waals surface area (Å²) in [5, 5.41) is 18.4. The lowest BCUT2D eigenvalue weighted by Gasteiger charge is -2.35. The Morgan fingerprint density at radius 1 is 1.20 bits per heavy atom. The first-order chi connectivity index (χ1) is 16.9. The minimum atomic E-state index is -1.09. The number of aliphatic hydroxyl groups is 1. The summed E-state index contributed by atoms with van der Waals surface area (Å²) >= 11 is 0. The Kier molecular flexibility index (Phi) is 12.3. The van der Waals surface area contributed by atoms with Gasteiger partial charge >= 0.3 is 0 Å². The molecule has 0 aromatic carbocycles. The highest BCUT2D eigenvalue weighted by Gasteiger charge is 2.35. The van der Waals surface area contributed by atoms with Crippen LogP contribution in [0.2, 0.25) is 0 Å². The van der Waals surface area contributed by atoms with Gasteiger partial charge in [-0.05, 0) is 31.8 Å². The summed E-state index contributed by atoms with van der Waals surface area (Å²) in [6.07, 6.45) is 14.1. The van der Waals surface area contributed by atoms with Gasteiger partial charge in [-0.25, -0.2) is 0 Å². The van der Waals surface area contributed by atoms with Gasteiger partial charge in [-0.15, -0.1) is 0 Å². The Hall–Kier alpha value is -2.91. The van der Waals surface area contributed by atoms with E-state index in [1.54, 1.807) is 12.2 Å². The first kappa shape index (κ1) is 28.3. The van der Waals surface area contributed by atoms with E-state index in [9.17, 15) is 19.5 Å². The maximum absolute atomic E-state index is 13.5. The molecule has 3 amide bonds. The summed E-state index contributed by atoms with van der Waals surface area (Å²) in [6, 6.07) is -1.58. The largest absolute Gasteiger partial charge is 0.492 e. The van der Waals surface area contributed by atoms with E-state index in [-0.39, 0.29) is 30.8 Å². The molecule has 9 nitrogen and oxygen atoms in total. The SMILES string of the molecule is C=CC1=C(\C=C/C)OCCNC(C2CCCCC2)C(=O)N(C)C(CO)C(=O)NCC(=O)NC\C=C\1. The van der Waals surface area contributed by atoms with E-state index in [4.69, 9.17) is 4.74 Å². The number of likely N-dealkylation sites (N-methyl/N-ethyl adjacent to an activating group) is 1. The van der Waals surface area contributed by atoms with Crippen molar-refractivity contribution in [1.29, 1.82) is 0 Å². The predicted octanol–water partition coefficient (Wildman–Crippen LogP) is 1.18. The minimum absolute atomic E-state index is 0.134. The normalized spacial score (nSPS) is 28.0. The lowest BCUT2D eigenvalue weighted by atomic mass is 9.83. The molecule has 2 unspecified atom stereocenters. The van der Waals surface area contributed by atoms with Gasteiger partial charge in [0.15, 0.2) is 0 Å². The second-order valence-corrected chi connectivity index (χ2v) is 8.77. The molecule has 2 aliphatic rings. The molecule has 1 saturated carbocycles. The van der Waals surface area contributed by atoms with Gasteiger partial charge in [0.05, 0.1) is 19.2 Å². The third-order valence-electron chi connectivity index (χ3n) is 6.36. The predicted molar refractivity (Wildman–Crippen MR) is 135 cm³/mol. The van der Waals surface area contributed by atoms with Crippen LogP contribution in [-0.2, 0) is 19.1 Å². The van der Waals surface area contributed by atoms with E-state index in [2.05, 4.69) is 22.5 Å². The van der Waals surface area contributed by atoms with Crippen LogP contribution in [0.4, 0.5) is 0 Å². The molecule has 0 aromatic rings. The molecule has 35 heavy (non-hydrogen) atoms. The molecule has 0 spiro atoms. The van der Waals surface area contributed by atoms with Gasteiger partial charge in [0, 0.05) is 25.7 Å². The molecule has 4 N–H and O–H groups in total. The zero-order valence-corrected chi connectivity index (χ0v) is 20.9. The van der Waals surface area contributed by atoms with Crippen molar-refractivity contribution in [3.05, 3.63) is 48.3 Å². The standard InChI is InChI=1S/C26H40N4O5/c1-4-10-22-19(5-2)13-9-14-27-23(32)17-29-25(33)21(18-31)30(3)26(34)24(28-15-16-35-22)20-11-7-6-8-12-20/h4-5,9-10,13,20-21,24,28,31H,2,6-8,11-12,14-18H2,1,3H3,(H,27,32)(H,29,33)/b10-4-,13-9+,22-19-. The highest BCUT2D eigenvalue weighted by molar-refractivity contribution is 5.92. The van der Waals surface area contributed by atoms with Crippen molar-refractivity contribution in [2.75, 3.05) is 39.9 Å². The Bertz CT molecular complexity index is 830. The van der Waals surface area contributed by atoms with Crippen molar-refractivity contribution in [2.45, 2.75) is 51.1 Å². The van der Waals surface area contributed by atoms with Crippen molar-refractivity contribution in [3.63, 3.8) is 0 Å². The van der Waals surface area contributed by atoms with Gasteiger partial charge in [0.2, 0.25) is 17.7 Å². The van der Waals surface area contributed by atoms with E-state index in [0.717, 1.165) is 37.7 Å². The van der Waals surface area contributed by atoms with Crippen LogP contribution < -0.4 is 16.0 Å². The van der Waals surface area contributed by atoms with Crippen LogP contribution in [-0.4, -0.2) is 79.7 Å². The number of allylic oxidation sites excluding steroid dienone is 5. The number of amides is 3. The first-order valence-corrected chi connectivity index (χ1v) is 12.4. The van der Waals surface area contributed by atoms with Crippen molar-refractivity contribution < 1.29 is 24.2 Å². The van der Waals surface area contributed by atoms with Crippen LogP contribution in [0.5, 0.6) is 0 Å². The average Bonchev–Trinajstić information content (AvgIpc) is 2.87. The molecular formula is C26H40N4O5. The van der Waals surface area contributed by atoms with E-state index in [1.165, 1.54) is 11.9 Å². The molecule has 2 atom stereocenters. The van der Waals surface area contributed by atoms with Gasteiger partial charge in [-0.2, -0.15) is 0 Å². The smallest absolute Gasteiger partial charge is 0.245 e. The Balaban J connectivity index is 2.31. The number of nitrogens with zero attached hydrogens (tertiary/aromatic N) is 1. The molecule has 1 aliphatic carbocycles. The summed E-state index contributed by atoms with van der Waals surface area (Å²) < 4.78 is 6.00. The van der Waals surface area contributed by atoms with Crippen LogP contribution in [0.15, 0.2) is 48.3 Å². The number of aliphatic hydroxyl groups excluding tert-OH is 1. The quantitative estimate of drug-likeness (QED) is 0.472. The van der Waals surface area contributed by atoms with Crippen LogP contribution in [0.1, 0.15) is 39.0 Å². The molecule has 0 radical (unpaired) electrons. The van der Waals surface area contributed by atoms with E-state index in [0.29, 0.717) is 18.9 Å². The minimum Gasteiger partial charge on any atom is -0.492 e. The Morgan fingerprint density at radius 2 is 1.94 bits per heavy atom. The molecule has 194 valence electrons. The van der Waals surface area contributed by atoms with Gasteiger partial charge in [-0.1, -0.05) is 50.1 Å². The van der Waals surface area contributed by atoms with E-state index < -0.39 is 24.6 Å². The number of carbonyl (C=O) groups excluding carboxylic acids is 3. The third kappa shape index (κ3) is 8.67. The molecule has 2 rings (SSSR count). The van der Waals surface area contributed by atoms with Gasteiger partial charge < -0.3 is 30.7 Å². The second kappa shape index (κ2) is 15.2. The second-order valence-electron chi connectivity index (χ2n) is 8.77. The lowest BCUT2D eigenvalue weighted by molar-refractivity contribution is -0.143. The van der Waals surface area contributed by atoms with Crippen molar-refractivity contribution in [1.82, 2.24) is 20.9 Å². The van der Waals surface area contributed by atoms with Crippen molar-refractivity contribution in [3.8, 4) is 0 Å². The van der Waals surface area contributed by atoms with E-state index in [1.807, 2.05) is 25.2 Å². The molecule has 1 fully saturated rings. The molecule has 1 heterocycles. The molecular weight excluding hydrogens is 448 g/mol. The summed E-state index contributed by atoms with van der Waals surface area (Å²) in [6.45, 7) is 5.96. The molecule has 0 bridgehead atoms. The summed E-state index contributed by atoms with van der Waals surface area (Å²) in [7, 11) is 1.52. The van der Waals surface area contributed by atoms with Crippen LogP contribution in [0, 0.1) is 5.92 Å². The summed E-state index contributed by atoms with van der Waals surface area (Å²) in [5.74, 6) is -0.442. The van der Waals surface area contributed by atoms with E-state index >= 15 is 0 Å². The number of rotatable bonds is 4. The Morgan fingerprint density at radius 3 is 2.60 bits per heavy atom. The van der Waals surface area contributed by atoms with Gasteiger partial charge in [-0.3, -0.25) is 14.4 Å². The number of hydrogen-bond donors (Lipinski definition) is 4. The highest BCUT2D eigenvalue weighted by atomic mass is 16.5. The topological polar surface area (TPSA) is 120 Å². The fourth-order valence-electron chi connectivity index (χ4n) is 4.39. The maximum Gasteiger partial charge on any atom is 0.245 e. The van der Waals surface area contributed by atoms with Crippen LogP contribution in [0.25, 0.3) is 0 Å². The third-order valence-corrected chi connectivity index (χ3v) is 6.36. The van der Waals surface area contributed by atoms with Crippen LogP contribution in [0.3, 0.4) is 0 Å². The zero-order valence-electron chi connectivity index (χ0n) is 20.9. The number of ether oxygens (including phenoxy) is 1. The summed E-state index contributed by atoms with van der Waals surface area (Å²) in [5.41, 5.74) is 0.761. The average molecular weight is 489 g/mol. The van der Waals surface area contributed by atoms with Crippen molar-refractivity contribution >= 4 is 17.7 Å². The maximum atomic E-state index is 13.5. The molecule has 0 aromatic heterocycles. The first-order valence-electron chi connectivity index (χ1n) is 12.4. The highest BCUT2D eigenvalue weighted by Crippen LogP contribution is 2.27. The van der Waals surface area contributed by atoms with Crippen molar-refractivity contribution in [2.24, 2.45) is 5.92 Å². The molecule has 1 aliphatic heterocycles. The zero-order chi connectivity index (χ0) is 25.6. The van der Waals surface area contributed by atoms with Crippen LogP contribution >= 0.6 is 0 Å².